The van der Waals surface area contributed by atoms with Crippen LogP contribution in [0.3, 0.4) is 0 Å². The first-order chi connectivity index (χ1) is 8.20. The van der Waals surface area contributed by atoms with Gasteiger partial charge in [-0.25, -0.2) is 0 Å². The van der Waals surface area contributed by atoms with Gasteiger partial charge in [0.1, 0.15) is 0 Å². The Morgan fingerprint density at radius 2 is 2.06 bits per heavy atom. The number of nitriles is 1. The molecule has 0 N–H and O–H groups in total. The van der Waals surface area contributed by atoms with Crippen LogP contribution in [0.5, 0.6) is 0 Å². The van der Waals surface area contributed by atoms with Gasteiger partial charge in [0.2, 0.25) is 0 Å². The highest BCUT2D eigenvalue weighted by Gasteiger charge is 2.04. The first-order valence-electron chi connectivity index (χ1n) is 4.81. The minimum absolute atomic E-state index is 0.455. The Bertz CT molecular complexity index is 594. The molecule has 1 aromatic heterocycles. The Morgan fingerprint density at radius 1 is 1.24 bits per heavy atom. The average molecular weight is 280 g/mol. The molecule has 1 heterocycles. The molecule has 4 heteroatoms. The van der Waals surface area contributed by atoms with Gasteiger partial charge in [-0.05, 0) is 35.2 Å². The third-order valence-electron chi connectivity index (χ3n) is 2.18. The molecule has 2 rings (SSSR count). The summed E-state index contributed by atoms with van der Waals surface area (Å²) in [6, 6.07) is 11.3. The van der Waals surface area contributed by atoms with Crippen molar-refractivity contribution in [2.75, 3.05) is 0 Å². The first-order valence-corrected chi connectivity index (χ1v) is 6.45. The number of halogens is 2. The number of rotatable bonds is 2. The molecule has 0 atom stereocenters. The molecule has 17 heavy (non-hydrogen) atoms. The second kappa shape index (κ2) is 5.37. The molecule has 0 unspecified atom stereocenters. The third kappa shape index (κ3) is 2.89. The maximum atomic E-state index is 9.15. The molecule has 2 aromatic rings. The number of hydrogen-bond acceptors (Lipinski definition) is 2. The molecule has 0 bridgehead atoms. The van der Waals surface area contributed by atoms with Crippen LogP contribution in [-0.2, 0) is 0 Å². The normalized spacial score (nSPS) is 11.2. The Labute approximate surface area is 114 Å². The van der Waals surface area contributed by atoms with E-state index in [2.05, 4.69) is 6.07 Å². The van der Waals surface area contributed by atoms with Gasteiger partial charge in [-0.3, -0.25) is 0 Å². The fraction of sp³-hybridized carbons (Fsp3) is 0. The summed E-state index contributed by atoms with van der Waals surface area (Å²) in [4.78, 5) is 1.03. The maximum Gasteiger partial charge on any atom is 0.0998 e. The van der Waals surface area contributed by atoms with Crippen LogP contribution in [0.1, 0.15) is 10.4 Å². The van der Waals surface area contributed by atoms with Crippen LogP contribution < -0.4 is 0 Å². The van der Waals surface area contributed by atoms with Crippen molar-refractivity contribution in [2.24, 2.45) is 0 Å². The molecule has 0 aliphatic carbocycles. The van der Waals surface area contributed by atoms with E-state index in [9.17, 15) is 0 Å². The molecule has 0 saturated heterocycles. The third-order valence-corrected chi connectivity index (χ3v) is 3.74. The topological polar surface area (TPSA) is 23.8 Å². The van der Waals surface area contributed by atoms with Gasteiger partial charge in [0.15, 0.2) is 0 Å². The van der Waals surface area contributed by atoms with Gasteiger partial charge in [0, 0.05) is 4.88 Å². The zero-order valence-electron chi connectivity index (χ0n) is 8.65. The van der Waals surface area contributed by atoms with Gasteiger partial charge in [-0.2, -0.15) is 5.26 Å². The standard InChI is InChI=1S/C13H7Cl2NS/c14-12-4-3-9(7-13(12)15)10(8-16)6-11-2-1-5-17-11/h1-7H/b10-6+. The average Bonchev–Trinajstić information content (AvgIpc) is 2.82. The predicted octanol–water partition coefficient (Wildman–Crippen LogP) is 5.12. The lowest BCUT2D eigenvalue weighted by Crippen LogP contribution is -1.81. The van der Waals surface area contributed by atoms with Crippen LogP contribution in [0.25, 0.3) is 11.6 Å². The molecule has 1 aromatic carbocycles. The zero-order chi connectivity index (χ0) is 12.3. The monoisotopic (exact) mass is 279 g/mol. The fourth-order valence-electron chi connectivity index (χ4n) is 1.36. The van der Waals surface area contributed by atoms with Gasteiger partial charge < -0.3 is 0 Å². The summed E-state index contributed by atoms with van der Waals surface area (Å²) < 4.78 is 0. The molecule has 0 fully saturated rings. The summed E-state index contributed by atoms with van der Waals surface area (Å²) in [6.07, 6.45) is 1.84. The first kappa shape index (κ1) is 12.2. The maximum absolute atomic E-state index is 9.15. The molecular formula is C13H7Cl2NS. The number of benzene rings is 1. The summed E-state index contributed by atoms with van der Waals surface area (Å²) in [5, 5.41) is 12.1. The van der Waals surface area contributed by atoms with Crippen molar-refractivity contribution in [3.05, 3.63) is 56.2 Å². The second-order valence-corrected chi connectivity index (χ2v) is 5.11. The van der Waals surface area contributed by atoms with Crippen molar-refractivity contribution in [1.29, 1.82) is 5.26 Å². The fourth-order valence-corrected chi connectivity index (χ4v) is 2.31. The van der Waals surface area contributed by atoms with Gasteiger partial charge in [0.05, 0.1) is 21.7 Å². The van der Waals surface area contributed by atoms with E-state index >= 15 is 0 Å². The summed E-state index contributed by atoms with van der Waals surface area (Å²) in [7, 11) is 0. The van der Waals surface area contributed by atoms with Gasteiger partial charge in [0.25, 0.3) is 0 Å². The molecule has 84 valence electrons. The SMILES string of the molecule is N#C/C(=C\c1cccs1)c1ccc(Cl)c(Cl)c1. The lowest BCUT2D eigenvalue weighted by molar-refractivity contribution is 1.52. The largest absolute Gasteiger partial charge is 0.192 e. The zero-order valence-corrected chi connectivity index (χ0v) is 11.0. The molecule has 0 aliphatic heterocycles. The van der Waals surface area contributed by atoms with E-state index in [0.717, 1.165) is 10.4 Å². The van der Waals surface area contributed by atoms with Gasteiger partial charge in [-0.1, -0.05) is 35.3 Å². The summed E-state index contributed by atoms with van der Waals surface area (Å²) in [5.41, 5.74) is 1.35. The molecule has 0 aliphatic rings. The number of hydrogen-bond donors (Lipinski definition) is 0. The van der Waals surface area contributed by atoms with Crippen molar-refractivity contribution in [2.45, 2.75) is 0 Å². The van der Waals surface area contributed by atoms with E-state index in [4.69, 9.17) is 28.5 Å². The lowest BCUT2D eigenvalue weighted by Gasteiger charge is -2.01. The number of nitrogens with zero attached hydrogens (tertiary/aromatic N) is 1. The Morgan fingerprint density at radius 3 is 2.65 bits per heavy atom. The molecule has 1 nitrogen and oxygen atoms in total. The van der Waals surface area contributed by atoms with E-state index in [1.54, 1.807) is 29.5 Å². The predicted molar refractivity (Wildman–Crippen MR) is 74.3 cm³/mol. The summed E-state index contributed by atoms with van der Waals surface area (Å²) >= 11 is 13.4. The van der Waals surface area contributed by atoms with Crippen LogP contribution >= 0.6 is 34.5 Å². The van der Waals surface area contributed by atoms with Crippen molar-refractivity contribution >= 4 is 46.2 Å². The van der Waals surface area contributed by atoms with Crippen LogP contribution in [0.4, 0.5) is 0 Å². The second-order valence-electron chi connectivity index (χ2n) is 3.31. The Kier molecular flexibility index (Phi) is 3.86. The van der Waals surface area contributed by atoms with E-state index in [1.165, 1.54) is 0 Å². The number of thiophene rings is 1. The highest BCUT2D eigenvalue weighted by molar-refractivity contribution is 7.10. The van der Waals surface area contributed by atoms with E-state index < -0.39 is 0 Å². The van der Waals surface area contributed by atoms with Gasteiger partial charge >= 0.3 is 0 Å². The molecule has 0 amide bonds. The summed E-state index contributed by atoms with van der Waals surface area (Å²) in [6.45, 7) is 0. The highest BCUT2D eigenvalue weighted by Crippen LogP contribution is 2.27. The van der Waals surface area contributed by atoms with Crippen molar-refractivity contribution in [3.63, 3.8) is 0 Å². The van der Waals surface area contributed by atoms with Crippen molar-refractivity contribution < 1.29 is 0 Å². The molecule has 0 spiro atoms. The molecule has 0 radical (unpaired) electrons. The van der Waals surface area contributed by atoms with Crippen molar-refractivity contribution in [3.8, 4) is 6.07 Å². The van der Waals surface area contributed by atoms with Crippen LogP contribution in [0.15, 0.2) is 35.7 Å². The highest BCUT2D eigenvalue weighted by atomic mass is 35.5. The smallest absolute Gasteiger partial charge is 0.0998 e. The van der Waals surface area contributed by atoms with E-state index in [-0.39, 0.29) is 0 Å². The molecular weight excluding hydrogens is 273 g/mol. The quantitative estimate of drug-likeness (QED) is 0.700. The van der Waals surface area contributed by atoms with Crippen LogP contribution in [-0.4, -0.2) is 0 Å². The van der Waals surface area contributed by atoms with E-state index in [0.29, 0.717) is 15.6 Å². The lowest BCUT2D eigenvalue weighted by atomic mass is 10.1. The molecule has 0 saturated carbocycles. The van der Waals surface area contributed by atoms with E-state index in [1.807, 2.05) is 23.6 Å². The van der Waals surface area contributed by atoms with Gasteiger partial charge in [-0.15, -0.1) is 11.3 Å². The van der Waals surface area contributed by atoms with Crippen LogP contribution in [0.2, 0.25) is 10.0 Å². The van der Waals surface area contributed by atoms with Crippen molar-refractivity contribution in [1.82, 2.24) is 0 Å². The minimum Gasteiger partial charge on any atom is -0.192 e. The Hall–Kier alpha value is -1.27. The van der Waals surface area contributed by atoms with Crippen LogP contribution in [0, 0.1) is 11.3 Å². The minimum atomic E-state index is 0.455. The number of allylic oxidation sites excluding steroid dienone is 1. The summed E-state index contributed by atoms with van der Waals surface area (Å²) in [5.74, 6) is 0. The Balaban J connectivity index is 2.43.